The average Bonchev–Trinajstić information content (AvgIpc) is 3.03. The summed E-state index contributed by atoms with van der Waals surface area (Å²) in [5.41, 5.74) is 3.37. The van der Waals surface area contributed by atoms with Crippen LogP contribution in [-0.2, 0) is 19.4 Å². The van der Waals surface area contributed by atoms with E-state index in [4.69, 9.17) is 0 Å². The molecule has 0 unspecified atom stereocenters. The molecular weight excluding hydrogens is 300 g/mol. The van der Waals surface area contributed by atoms with E-state index in [2.05, 4.69) is 5.32 Å². The Hall–Kier alpha value is -2.88. The number of rotatable bonds is 4. The van der Waals surface area contributed by atoms with E-state index in [9.17, 15) is 9.59 Å². The van der Waals surface area contributed by atoms with Gasteiger partial charge in [0.2, 0.25) is 5.43 Å². The quantitative estimate of drug-likeness (QED) is 0.804. The number of aromatic nitrogens is 1. The van der Waals surface area contributed by atoms with E-state index in [0.29, 0.717) is 11.9 Å². The van der Waals surface area contributed by atoms with E-state index in [1.807, 2.05) is 53.1 Å². The van der Waals surface area contributed by atoms with Gasteiger partial charge >= 0.3 is 0 Å². The molecule has 0 saturated heterocycles. The van der Waals surface area contributed by atoms with E-state index in [-0.39, 0.29) is 16.9 Å². The summed E-state index contributed by atoms with van der Waals surface area (Å²) >= 11 is 0. The van der Waals surface area contributed by atoms with Gasteiger partial charge in [-0.05, 0) is 30.0 Å². The monoisotopic (exact) mass is 318 g/mol. The van der Waals surface area contributed by atoms with Crippen LogP contribution in [0.2, 0.25) is 0 Å². The zero-order valence-electron chi connectivity index (χ0n) is 13.3. The van der Waals surface area contributed by atoms with E-state index in [0.717, 1.165) is 30.5 Å². The van der Waals surface area contributed by atoms with Crippen LogP contribution in [0.25, 0.3) is 10.9 Å². The highest BCUT2D eigenvalue weighted by molar-refractivity contribution is 5.98. The summed E-state index contributed by atoms with van der Waals surface area (Å²) in [6.07, 6.45) is 3.37. The highest BCUT2D eigenvalue weighted by Gasteiger charge is 2.20. The Bertz CT molecular complexity index is 974. The molecule has 1 aliphatic rings. The Morgan fingerprint density at radius 2 is 1.92 bits per heavy atom. The Kier molecular flexibility index (Phi) is 3.65. The Morgan fingerprint density at radius 3 is 2.75 bits per heavy atom. The molecule has 4 heteroatoms. The van der Waals surface area contributed by atoms with Gasteiger partial charge in [-0.25, -0.2) is 0 Å². The maximum absolute atomic E-state index is 12.7. The third-order valence-electron chi connectivity index (χ3n) is 4.59. The lowest BCUT2D eigenvalue weighted by Gasteiger charge is -2.09. The second kappa shape index (κ2) is 5.96. The predicted octanol–water partition coefficient (Wildman–Crippen LogP) is 2.53. The lowest BCUT2D eigenvalue weighted by atomic mass is 10.1. The number of benzene rings is 2. The number of hydrogen-bond donors (Lipinski definition) is 1. The predicted molar refractivity (Wildman–Crippen MR) is 94.4 cm³/mol. The SMILES string of the molecule is O=C(NCCc1ccccc1)c1cn2c3c(cccc3c1=O)CC2. The van der Waals surface area contributed by atoms with Crippen LogP contribution in [0.5, 0.6) is 0 Å². The first-order valence-corrected chi connectivity index (χ1v) is 8.21. The summed E-state index contributed by atoms with van der Waals surface area (Å²) in [5, 5.41) is 3.51. The molecule has 0 atom stereocenters. The zero-order valence-corrected chi connectivity index (χ0v) is 13.3. The molecule has 2 heterocycles. The van der Waals surface area contributed by atoms with Crippen molar-refractivity contribution in [2.24, 2.45) is 0 Å². The van der Waals surface area contributed by atoms with Gasteiger partial charge in [-0.15, -0.1) is 0 Å². The number of aryl methyl sites for hydroxylation is 2. The Morgan fingerprint density at radius 1 is 1.08 bits per heavy atom. The molecule has 0 aliphatic carbocycles. The lowest BCUT2D eigenvalue weighted by molar-refractivity contribution is 0.0952. The maximum Gasteiger partial charge on any atom is 0.256 e. The first-order chi connectivity index (χ1) is 11.7. The van der Waals surface area contributed by atoms with Crippen LogP contribution in [0, 0.1) is 0 Å². The van der Waals surface area contributed by atoms with Crippen LogP contribution in [-0.4, -0.2) is 17.0 Å². The van der Waals surface area contributed by atoms with Gasteiger partial charge in [-0.1, -0.05) is 42.5 Å². The number of nitrogens with one attached hydrogen (secondary N) is 1. The summed E-state index contributed by atoms with van der Waals surface area (Å²) in [5.74, 6) is -0.293. The van der Waals surface area contributed by atoms with E-state index in [1.54, 1.807) is 6.20 Å². The van der Waals surface area contributed by atoms with Crippen molar-refractivity contribution in [3.05, 3.63) is 81.6 Å². The van der Waals surface area contributed by atoms with Crippen molar-refractivity contribution in [2.45, 2.75) is 19.4 Å². The number of hydrogen-bond acceptors (Lipinski definition) is 2. The van der Waals surface area contributed by atoms with Gasteiger partial charge in [0.1, 0.15) is 5.56 Å². The number of carbonyl (C=O) groups is 1. The number of amides is 1. The molecule has 1 aliphatic heterocycles. The molecule has 1 aromatic heterocycles. The molecule has 24 heavy (non-hydrogen) atoms. The average molecular weight is 318 g/mol. The summed E-state index contributed by atoms with van der Waals surface area (Å²) in [4.78, 5) is 25.1. The molecule has 3 aromatic rings. The molecule has 0 saturated carbocycles. The van der Waals surface area contributed by atoms with Crippen LogP contribution >= 0.6 is 0 Å². The van der Waals surface area contributed by atoms with Gasteiger partial charge in [-0.3, -0.25) is 9.59 Å². The van der Waals surface area contributed by atoms with Crippen molar-refractivity contribution < 1.29 is 4.79 Å². The largest absolute Gasteiger partial charge is 0.352 e. The van der Waals surface area contributed by atoms with Gasteiger partial charge in [0, 0.05) is 24.7 Å². The van der Waals surface area contributed by atoms with Crippen molar-refractivity contribution in [3.8, 4) is 0 Å². The minimum Gasteiger partial charge on any atom is -0.352 e. The second-order valence-electron chi connectivity index (χ2n) is 6.12. The molecular formula is C20H18N2O2. The molecule has 0 bridgehead atoms. The van der Waals surface area contributed by atoms with E-state index in [1.165, 1.54) is 5.56 Å². The summed E-state index contributed by atoms with van der Waals surface area (Å²) < 4.78 is 2.03. The van der Waals surface area contributed by atoms with Crippen molar-refractivity contribution in [1.29, 1.82) is 0 Å². The van der Waals surface area contributed by atoms with Crippen LogP contribution in [0.1, 0.15) is 21.5 Å². The topological polar surface area (TPSA) is 51.1 Å². The molecule has 4 nitrogen and oxygen atoms in total. The third kappa shape index (κ3) is 2.50. The first kappa shape index (κ1) is 14.7. The molecule has 2 aromatic carbocycles. The van der Waals surface area contributed by atoms with Crippen molar-refractivity contribution in [3.63, 3.8) is 0 Å². The zero-order chi connectivity index (χ0) is 16.5. The highest BCUT2D eigenvalue weighted by Crippen LogP contribution is 2.23. The van der Waals surface area contributed by atoms with Crippen LogP contribution < -0.4 is 10.7 Å². The number of nitrogens with zero attached hydrogens (tertiary/aromatic N) is 1. The molecule has 0 fully saturated rings. The van der Waals surface area contributed by atoms with Gasteiger partial charge < -0.3 is 9.88 Å². The van der Waals surface area contributed by atoms with Crippen LogP contribution in [0.3, 0.4) is 0 Å². The Labute approximate surface area is 139 Å². The molecule has 0 spiro atoms. The van der Waals surface area contributed by atoms with Crippen LogP contribution in [0.15, 0.2) is 59.5 Å². The normalized spacial score (nSPS) is 12.5. The standard InChI is InChI=1S/C20H18N2O2/c23-19-16-8-4-7-15-10-12-22(18(15)16)13-17(19)20(24)21-11-9-14-5-2-1-3-6-14/h1-8,13H,9-12H2,(H,21,24). The fourth-order valence-electron chi connectivity index (χ4n) is 3.38. The highest BCUT2D eigenvalue weighted by atomic mass is 16.2. The van der Waals surface area contributed by atoms with E-state index >= 15 is 0 Å². The molecule has 1 N–H and O–H groups in total. The number of para-hydroxylation sites is 1. The fourth-order valence-corrected chi connectivity index (χ4v) is 3.38. The van der Waals surface area contributed by atoms with E-state index < -0.39 is 0 Å². The fraction of sp³-hybridized carbons (Fsp3) is 0.200. The summed E-state index contributed by atoms with van der Waals surface area (Å²) in [7, 11) is 0. The van der Waals surface area contributed by atoms with Crippen molar-refractivity contribution in [2.75, 3.05) is 6.54 Å². The molecule has 0 radical (unpaired) electrons. The molecule has 4 rings (SSSR count). The minimum absolute atomic E-state index is 0.179. The summed E-state index contributed by atoms with van der Waals surface area (Å²) in [6.45, 7) is 1.33. The van der Waals surface area contributed by atoms with Crippen molar-refractivity contribution >= 4 is 16.8 Å². The van der Waals surface area contributed by atoms with Gasteiger partial charge in [-0.2, -0.15) is 0 Å². The Balaban J connectivity index is 1.58. The van der Waals surface area contributed by atoms with Gasteiger partial charge in [0.15, 0.2) is 0 Å². The third-order valence-corrected chi connectivity index (χ3v) is 4.59. The maximum atomic E-state index is 12.7. The van der Waals surface area contributed by atoms with Crippen molar-refractivity contribution in [1.82, 2.24) is 9.88 Å². The van der Waals surface area contributed by atoms with Crippen LogP contribution in [0.4, 0.5) is 0 Å². The van der Waals surface area contributed by atoms with Gasteiger partial charge in [0.25, 0.3) is 5.91 Å². The first-order valence-electron chi connectivity index (χ1n) is 8.21. The second-order valence-corrected chi connectivity index (χ2v) is 6.12. The minimum atomic E-state index is -0.293. The smallest absolute Gasteiger partial charge is 0.256 e. The van der Waals surface area contributed by atoms with Gasteiger partial charge in [0.05, 0.1) is 5.52 Å². The molecule has 1 amide bonds. The lowest BCUT2D eigenvalue weighted by Crippen LogP contribution is -2.31. The summed E-state index contributed by atoms with van der Waals surface area (Å²) in [6, 6.07) is 15.7. The number of carbonyl (C=O) groups excluding carboxylic acids is 1. The number of pyridine rings is 1. The molecule has 120 valence electrons.